The summed E-state index contributed by atoms with van der Waals surface area (Å²) in [5, 5.41) is 2.83. The third-order valence-corrected chi connectivity index (χ3v) is 3.53. The quantitative estimate of drug-likeness (QED) is 0.889. The molecule has 18 heavy (non-hydrogen) atoms. The number of carbonyl (C=O) groups excluding carboxylic acids is 2. The zero-order valence-corrected chi connectivity index (χ0v) is 11.0. The van der Waals surface area contributed by atoms with E-state index in [9.17, 15) is 9.59 Å². The lowest BCUT2D eigenvalue weighted by atomic mass is 9.80. The van der Waals surface area contributed by atoms with Gasteiger partial charge < -0.3 is 5.32 Å². The Morgan fingerprint density at radius 1 is 1.44 bits per heavy atom. The number of aryl methyl sites for hydroxylation is 1. The van der Waals surface area contributed by atoms with Gasteiger partial charge in [-0.1, -0.05) is 23.8 Å². The topological polar surface area (TPSA) is 46.2 Å². The van der Waals surface area contributed by atoms with Crippen LogP contribution in [0.3, 0.4) is 0 Å². The van der Waals surface area contributed by atoms with Gasteiger partial charge in [-0.2, -0.15) is 0 Å². The van der Waals surface area contributed by atoms with E-state index in [-0.39, 0.29) is 11.7 Å². The van der Waals surface area contributed by atoms with E-state index in [2.05, 4.69) is 11.4 Å². The first-order chi connectivity index (χ1) is 8.58. The van der Waals surface area contributed by atoms with Gasteiger partial charge in [-0.25, -0.2) is 0 Å². The second-order valence-corrected chi connectivity index (χ2v) is 5.02. The Kier molecular flexibility index (Phi) is 3.80. The molecule has 0 aromatic heterocycles. The molecular formula is C15H19NO2. The van der Waals surface area contributed by atoms with Gasteiger partial charge in [0.2, 0.25) is 5.91 Å². The molecule has 1 aromatic carbocycles. The minimum atomic E-state index is 0.00588. The summed E-state index contributed by atoms with van der Waals surface area (Å²) >= 11 is 0. The molecule has 96 valence electrons. The second kappa shape index (κ2) is 5.34. The van der Waals surface area contributed by atoms with Crippen molar-refractivity contribution in [2.45, 2.75) is 39.0 Å². The maximum atomic E-state index is 11.9. The Morgan fingerprint density at radius 3 is 2.94 bits per heavy atom. The van der Waals surface area contributed by atoms with Crippen LogP contribution in [0.15, 0.2) is 18.2 Å². The molecule has 3 nitrogen and oxygen atoms in total. The van der Waals surface area contributed by atoms with Crippen molar-refractivity contribution in [3.63, 3.8) is 0 Å². The SMILES string of the molecule is CC(=O)NCCC1CCC(=O)c2ccc(C)cc21. The predicted octanol–water partition coefficient (Wildman–Crippen LogP) is 2.58. The van der Waals surface area contributed by atoms with E-state index in [0.29, 0.717) is 18.9 Å². The minimum Gasteiger partial charge on any atom is -0.356 e. The standard InChI is InChI=1S/C15H19NO2/c1-10-3-5-13-14(9-10)12(4-6-15(13)18)7-8-16-11(2)17/h3,5,9,12H,4,6-8H2,1-2H3,(H,16,17). The van der Waals surface area contributed by atoms with Gasteiger partial charge >= 0.3 is 0 Å². The van der Waals surface area contributed by atoms with Gasteiger partial charge in [0.15, 0.2) is 5.78 Å². The van der Waals surface area contributed by atoms with Crippen molar-refractivity contribution >= 4 is 11.7 Å². The summed E-state index contributed by atoms with van der Waals surface area (Å²) in [5.41, 5.74) is 3.23. The van der Waals surface area contributed by atoms with Crippen molar-refractivity contribution in [1.82, 2.24) is 5.32 Å². The van der Waals surface area contributed by atoms with E-state index in [0.717, 1.165) is 24.0 Å². The van der Waals surface area contributed by atoms with Crippen molar-refractivity contribution < 1.29 is 9.59 Å². The van der Waals surface area contributed by atoms with Crippen molar-refractivity contribution in [1.29, 1.82) is 0 Å². The summed E-state index contributed by atoms with van der Waals surface area (Å²) < 4.78 is 0. The number of benzene rings is 1. The van der Waals surface area contributed by atoms with E-state index in [1.165, 1.54) is 12.5 Å². The maximum absolute atomic E-state index is 11.9. The molecule has 1 aromatic rings. The number of carbonyl (C=O) groups is 2. The monoisotopic (exact) mass is 245 g/mol. The van der Waals surface area contributed by atoms with Crippen molar-refractivity contribution in [2.24, 2.45) is 0 Å². The van der Waals surface area contributed by atoms with Gasteiger partial charge in [-0.3, -0.25) is 9.59 Å². The molecular weight excluding hydrogens is 226 g/mol. The molecule has 1 amide bonds. The molecule has 0 saturated carbocycles. The average molecular weight is 245 g/mol. The van der Waals surface area contributed by atoms with Crippen LogP contribution in [0.25, 0.3) is 0 Å². The summed E-state index contributed by atoms with van der Waals surface area (Å²) in [4.78, 5) is 22.7. The Bertz CT molecular complexity index is 479. The van der Waals surface area contributed by atoms with Crippen molar-refractivity contribution in [3.8, 4) is 0 Å². The molecule has 1 aliphatic rings. The molecule has 0 radical (unpaired) electrons. The van der Waals surface area contributed by atoms with Gasteiger partial charge in [0.1, 0.15) is 0 Å². The Hall–Kier alpha value is -1.64. The summed E-state index contributed by atoms with van der Waals surface area (Å²) in [6, 6.07) is 6.05. The number of hydrogen-bond donors (Lipinski definition) is 1. The molecule has 0 aliphatic heterocycles. The molecule has 0 heterocycles. The van der Waals surface area contributed by atoms with Crippen LogP contribution in [-0.4, -0.2) is 18.2 Å². The normalized spacial score (nSPS) is 18.3. The molecule has 0 spiro atoms. The predicted molar refractivity (Wildman–Crippen MR) is 70.8 cm³/mol. The minimum absolute atomic E-state index is 0.00588. The largest absolute Gasteiger partial charge is 0.356 e. The smallest absolute Gasteiger partial charge is 0.216 e. The number of fused-ring (bicyclic) bond motifs is 1. The van der Waals surface area contributed by atoms with Gasteiger partial charge in [-0.15, -0.1) is 0 Å². The Morgan fingerprint density at radius 2 is 2.22 bits per heavy atom. The van der Waals surface area contributed by atoms with Crippen LogP contribution in [0.1, 0.15) is 53.6 Å². The zero-order valence-electron chi connectivity index (χ0n) is 11.0. The van der Waals surface area contributed by atoms with E-state index >= 15 is 0 Å². The number of rotatable bonds is 3. The molecule has 2 rings (SSSR count). The van der Waals surface area contributed by atoms with E-state index in [1.54, 1.807) is 0 Å². The van der Waals surface area contributed by atoms with Crippen molar-refractivity contribution in [2.75, 3.05) is 6.54 Å². The lowest BCUT2D eigenvalue weighted by Gasteiger charge is -2.25. The molecule has 0 fully saturated rings. The van der Waals surface area contributed by atoms with Gasteiger partial charge in [-0.05, 0) is 31.2 Å². The van der Waals surface area contributed by atoms with Crippen LogP contribution in [-0.2, 0) is 4.79 Å². The van der Waals surface area contributed by atoms with E-state index in [4.69, 9.17) is 0 Å². The fraction of sp³-hybridized carbons (Fsp3) is 0.467. The first kappa shape index (κ1) is 12.8. The van der Waals surface area contributed by atoms with Crippen LogP contribution >= 0.6 is 0 Å². The van der Waals surface area contributed by atoms with Crippen LogP contribution in [0.2, 0.25) is 0 Å². The Labute approximate surface area is 108 Å². The molecule has 1 atom stereocenters. The van der Waals surface area contributed by atoms with Gasteiger partial charge in [0.25, 0.3) is 0 Å². The lowest BCUT2D eigenvalue weighted by Crippen LogP contribution is -2.24. The van der Waals surface area contributed by atoms with Crippen LogP contribution in [0.4, 0.5) is 0 Å². The highest BCUT2D eigenvalue weighted by atomic mass is 16.1. The second-order valence-electron chi connectivity index (χ2n) is 5.02. The van der Waals surface area contributed by atoms with Crippen molar-refractivity contribution in [3.05, 3.63) is 34.9 Å². The third kappa shape index (κ3) is 2.78. The first-order valence-electron chi connectivity index (χ1n) is 6.46. The molecule has 1 aliphatic carbocycles. The highest BCUT2D eigenvalue weighted by molar-refractivity contribution is 5.98. The van der Waals surface area contributed by atoms with Crippen LogP contribution < -0.4 is 5.32 Å². The molecule has 1 unspecified atom stereocenters. The number of ketones is 1. The lowest BCUT2D eigenvalue weighted by molar-refractivity contribution is -0.118. The summed E-state index contributed by atoms with van der Waals surface area (Å²) in [6.07, 6.45) is 2.43. The number of nitrogens with one attached hydrogen (secondary N) is 1. The fourth-order valence-corrected chi connectivity index (χ4v) is 2.59. The number of hydrogen-bond acceptors (Lipinski definition) is 2. The summed E-state index contributed by atoms with van der Waals surface area (Å²) in [5.74, 6) is 0.650. The van der Waals surface area contributed by atoms with Crippen LogP contribution in [0.5, 0.6) is 0 Å². The summed E-state index contributed by atoms with van der Waals surface area (Å²) in [7, 11) is 0. The molecule has 0 bridgehead atoms. The maximum Gasteiger partial charge on any atom is 0.216 e. The highest BCUT2D eigenvalue weighted by Crippen LogP contribution is 2.34. The van der Waals surface area contributed by atoms with Gasteiger partial charge in [0, 0.05) is 25.5 Å². The van der Waals surface area contributed by atoms with Crippen LogP contribution in [0, 0.1) is 6.92 Å². The first-order valence-corrected chi connectivity index (χ1v) is 6.46. The summed E-state index contributed by atoms with van der Waals surface area (Å²) in [6.45, 7) is 4.26. The highest BCUT2D eigenvalue weighted by Gasteiger charge is 2.25. The molecule has 0 saturated heterocycles. The van der Waals surface area contributed by atoms with E-state index < -0.39 is 0 Å². The number of Topliss-reactive ketones (excluding diaryl/α,β-unsaturated/α-hetero) is 1. The molecule has 3 heteroatoms. The zero-order chi connectivity index (χ0) is 13.1. The average Bonchev–Trinajstić information content (AvgIpc) is 2.31. The van der Waals surface area contributed by atoms with Gasteiger partial charge in [0.05, 0.1) is 0 Å². The fourth-order valence-electron chi connectivity index (χ4n) is 2.59. The van der Waals surface area contributed by atoms with E-state index in [1.807, 2.05) is 19.1 Å². The number of amides is 1. The molecule has 1 N–H and O–H groups in total. The third-order valence-electron chi connectivity index (χ3n) is 3.53. The Balaban J connectivity index is 2.15.